The fraction of sp³-hybridized carbons (Fsp3) is 0.500. The lowest BCUT2D eigenvalue weighted by molar-refractivity contribution is 0.0484. The molecule has 0 spiro atoms. The SMILES string of the molecule is CC(F)(Cc1csc2ccccc12)CC1COCCN1. The Bertz CT molecular complexity index is 575. The summed E-state index contributed by atoms with van der Waals surface area (Å²) in [7, 11) is 0. The highest BCUT2D eigenvalue weighted by Crippen LogP contribution is 2.31. The lowest BCUT2D eigenvalue weighted by Gasteiger charge is -2.29. The van der Waals surface area contributed by atoms with Crippen molar-refractivity contribution < 1.29 is 9.13 Å². The summed E-state index contributed by atoms with van der Waals surface area (Å²) in [5.74, 6) is 0. The zero-order chi connectivity index (χ0) is 14.0. The van der Waals surface area contributed by atoms with Crippen LogP contribution in [0.25, 0.3) is 10.1 Å². The molecular formula is C16H20FNOS. The van der Waals surface area contributed by atoms with Gasteiger partial charge in [0.05, 0.1) is 13.2 Å². The highest BCUT2D eigenvalue weighted by molar-refractivity contribution is 7.17. The normalized spacial score (nSPS) is 22.8. The van der Waals surface area contributed by atoms with E-state index >= 15 is 0 Å². The molecule has 0 aliphatic carbocycles. The molecular weight excluding hydrogens is 273 g/mol. The fourth-order valence-corrected chi connectivity index (χ4v) is 3.87. The van der Waals surface area contributed by atoms with E-state index in [-0.39, 0.29) is 6.04 Å². The van der Waals surface area contributed by atoms with Gasteiger partial charge in [-0.1, -0.05) is 18.2 Å². The first-order valence-corrected chi connectivity index (χ1v) is 7.97. The number of morpholine rings is 1. The Hall–Kier alpha value is -0.970. The Labute approximate surface area is 122 Å². The van der Waals surface area contributed by atoms with E-state index in [1.807, 2.05) is 12.1 Å². The minimum Gasteiger partial charge on any atom is -0.379 e. The molecule has 1 N–H and O–H groups in total. The first kappa shape index (κ1) is 14.0. The van der Waals surface area contributed by atoms with Crippen molar-refractivity contribution in [2.45, 2.75) is 31.5 Å². The Kier molecular flexibility index (Phi) is 4.06. The van der Waals surface area contributed by atoms with Gasteiger partial charge in [-0.25, -0.2) is 4.39 Å². The van der Waals surface area contributed by atoms with E-state index < -0.39 is 5.67 Å². The standard InChI is InChI=1S/C16H20FNOS/c1-16(17,9-13-10-19-7-6-18-13)8-12-11-20-15-5-3-2-4-14(12)15/h2-5,11,13,18H,6-10H2,1H3. The number of hydrogen-bond donors (Lipinski definition) is 1. The molecule has 1 fully saturated rings. The molecule has 2 heterocycles. The zero-order valence-electron chi connectivity index (χ0n) is 11.7. The summed E-state index contributed by atoms with van der Waals surface area (Å²) in [5, 5.41) is 6.61. The molecule has 1 aromatic heterocycles. The lowest BCUT2D eigenvalue weighted by atomic mass is 9.91. The highest BCUT2D eigenvalue weighted by atomic mass is 32.1. The maximum Gasteiger partial charge on any atom is 0.113 e. The maximum atomic E-state index is 14.9. The molecule has 0 saturated carbocycles. The van der Waals surface area contributed by atoms with Crippen molar-refractivity contribution in [1.82, 2.24) is 5.32 Å². The summed E-state index contributed by atoms with van der Waals surface area (Å²) in [4.78, 5) is 0. The van der Waals surface area contributed by atoms with Crippen molar-refractivity contribution >= 4 is 21.4 Å². The molecule has 2 atom stereocenters. The van der Waals surface area contributed by atoms with Gasteiger partial charge >= 0.3 is 0 Å². The molecule has 1 aromatic carbocycles. The van der Waals surface area contributed by atoms with Gasteiger partial charge in [-0.2, -0.15) is 0 Å². The predicted octanol–water partition coefficient (Wildman–Crippen LogP) is 3.55. The number of ether oxygens (including phenoxy) is 1. The van der Waals surface area contributed by atoms with Crippen LogP contribution in [-0.2, 0) is 11.2 Å². The smallest absolute Gasteiger partial charge is 0.113 e. The third-order valence-electron chi connectivity index (χ3n) is 3.79. The van der Waals surface area contributed by atoms with Gasteiger partial charge < -0.3 is 10.1 Å². The van der Waals surface area contributed by atoms with Crippen LogP contribution >= 0.6 is 11.3 Å². The molecule has 108 valence electrons. The molecule has 1 saturated heterocycles. The van der Waals surface area contributed by atoms with E-state index in [0.717, 1.165) is 18.7 Å². The van der Waals surface area contributed by atoms with E-state index in [2.05, 4.69) is 22.8 Å². The Morgan fingerprint density at radius 2 is 2.30 bits per heavy atom. The number of hydrogen-bond acceptors (Lipinski definition) is 3. The van der Waals surface area contributed by atoms with Gasteiger partial charge in [-0.05, 0) is 35.7 Å². The van der Waals surface area contributed by atoms with E-state index in [1.165, 1.54) is 10.1 Å². The van der Waals surface area contributed by atoms with Crippen LogP contribution < -0.4 is 5.32 Å². The van der Waals surface area contributed by atoms with Crippen molar-refractivity contribution in [3.05, 3.63) is 35.2 Å². The fourth-order valence-electron chi connectivity index (χ4n) is 2.90. The lowest BCUT2D eigenvalue weighted by Crippen LogP contribution is -2.45. The molecule has 0 amide bonds. The Balaban J connectivity index is 1.71. The van der Waals surface area contributed by atoms with Crippen LogP contribution in [0.3, 0.4) is 0 Å². The average Bonchev–Trinajstić information content (AvgIpc) is 2.82. The summed E-state index contributed by atoms with van der Waals surface area (Å²) >= 11 is 1.69. The van der Waals surface area contributed by atoms with Crippen molar-refractivity contribution in [1.29, 1.82) is 0 Å². The molecule has 0 radical (unpaired) electrons. The second kappa shape index (κ2) is 5.80. The predicted molar refractivity (Wildman–Crippen MR) is 82.3 cm³/mol. The third kappa shape index (κ3) is 3.19. The van der Waals surface area contributed by atoms with Gasteiger partial charge in [-0.3, -0.25) is 0 Å². The van der Waals surface area contributed by atoms with Gasteiger partial charge in [0.2, 0.25) is 0 Å². The van der Waals surface area contributed by atoms with E-state index in [0.29, 0.717) is 19.4 Å². The minimum absolute atomic E-state index is 0.128. The minimum atomic E-state index is -1.21. The van der Waals surface area contributed by atoms with Gasteiger partial charge in [0, 0.05) is 23.7 Å². The number of thiophene rings is 1. The van der Waals surface area contributed by atoms with Crippen molar-refractivity contribution in [2.24, 2.45) is 0 Å². The molecule has 2 unspecified atom stereocenters. The van der Waals surface area contributed by atoms with Crippen LogP contribution in [0.5, 0.6) is 0 Å². The van der Waals surface area contributed by atoms with Gasteiger partial charge in [0.15, 0.2) is 0 Å². The van der Waals surface area contributed by atoms with Crippen LogP contribution in [0.15, 0.2) is 29.6 Å². The highest BCUT2D eigenvalue weighted by Gasteiger charge is 2.30. The molecule has 3 rings (SSSR count). The summed E-state index contributed by atoms with van der Waals surface area (Å²) in [6.07, 6.45) is 0.965. The van der Waals surface area contributed by atoms with Crippen molar-refractivity contribution in [3.8, 4) is 0 Å². The number of halogens is 1. The van der Waals surface area contributed by atoms with Crippen LogP contribution in [0.4, 0.5) is 4.39 Å². The van der Waals surface area contributed by atoms with Crippen molar-refractivity contribution in [2.75, 3.05) is 19.8 Å². The molecule has 2 nitrogen and oxygen atoms in total. The molecule has 4 heteroatoms. The van der Waals surface area contributed by atoms with Crippen LogP contribution in [0.2, 0.25) is 0 Å². The van der Waals surface area contributed by atoms with Crippen LogP contribution in [-0.4, -0.2) is 31.5 Å². The Morgan fingerprint density at radius 1 is 1.45 bits per heavy atom. The monoisotopic (exact) mass is 293 g/mol. The van der Waals surface area contributed by atoms with Gasteiger partial charge in [-0.15, -0.1) is 11.3 Å². The number of nitrogens with one attached hydrogen (secondary N) is 1. The average molecular weight is 293 g/mol. The number of benzene rings is 1. The summed E-state index contributed by atoms with van der Waals surface area (Å²) in [5.41, 5.74) is -0.0882. The van der Waals surface area contributed by atoms with Gasteiger partial charge in [0.25, 0.3) is 0 Å². The largest absolute Gasteiger partial charge is 0.379 e. The first-order chi connectivity index (χ1) is 9.64. The number of rotatable bonds is 4. The second-order valence-electron chi connectivity index (χ2n) is 5.78. The molecule has 1 aliphatic heterocycles. The number of fused-ring (bicyclic) bond motifs is 1. The summed E-state index contributed by atoms with van der Waals surface area (Å²) < 4.78 is 21.5. The van der Waals surface area contributed by atoms with E-state index in [4.69, 9.17) is 4.74 Å². The third-order valence-corrected chi connectivity index (χ3v) is 4.80. The second-order valence-corrected chi connectivity index (χ2v) is 6.69. The molecule has 2 aromatic rings. The quantitative estimate of drug-likeness (QED) is 0.931. The van der Waals surface area contributed by atoms with Crippen LogP contribution in [0.1, 0.15) is 18.9 Å². The van der Waals surface area contributed by atoms with Crippen molar-refractivity contribution in [3.63, 3.8) is 0 Å². The first-order valence-electron chi connectivity index (χ1n) is 7.09. The molecule has 0 bridgehead atoms. The van der Waals surface area contributed by atoms with Gasteiger partial charge in [0.1, 0.15) is 5.67 Å². The maximum absolute atomic E-state index is 14.9. The molecule has 20 heavy (non-hydrogen) atoms. The number of alkyl halides is 1. The zero-order valence-corrected chi connectivity index (χ0v) is 12.5. The van der Waals surface area contributed by atoms with Crippen LogP contribution in [0, 0.1) is 0 Å². The topological polar surface area (TPSA) is 21.3 Å². The summed E-state index contributed by atoms with van der Waals surface area (Å²) in [6.45, 7) is 3.87. The van der Waals surface area contributed by atoms with E-state index in [1.54, 1.807) is 18.3 Å². The molecule has 1 aliphatic rings. The Morgan fingerprint density at radius 3 is 3.10 bits per heavy atom. The summed E-state index contributed by atoms with van der Waals surface area (Å²) in [6, 6.07) is 8.35. The van der Waals surface area contributed by atoms with E-state index in [9.17, 15) is 4.39 Å².